The number of anilines is 2. The van der Waals surface area contributed by atoms with Gasteiger partial charge in [0.2, 0.25) is 5.95 Å². The van der Waals surface area contributed by atoms with Gasteiger partial charge in [-0.2, -0.15) is 22.8 Å². The summed E-state index contributed by atoms with van der Waals surface area (Å²) in [4.78, 5) is 3.69. The molecule has 0 amide bonds. The first-order valence-electron chi connectivity index (χ1n) is 9.83. The lowest BCUT2D eigenvalue weighted by atomic mass is 9.91. The average Bonchev–Trinajstić information content (AvgIpc) is 3.31. The Labute approximate surface area is 183 Å². The molecule has 5 rings (SSSR count). The predicted molar refractivity (Wildman–Crippen MR) is 112 cm³/mol. The molecule has 4 heterocycles. The number of aromatic nitrogens is 6. The second kappa shape index (κ2) is 7.66. The molecule has 1 aliphatic rings. The fraction of sp³-hybridized carbons (Fsp3) is 0.368. The van der Waals surface area contributed by atoms with Crippen molar-refractivity contribution in [2.75, 3.05) is 10.6 Å². The molecule has 2 N–H and O–H groups in total. The van der Waals surface area contributed by atoms with Gasteiger partial charge in [0.1, 0.15) is 10.4 Å². The van der Waals surface area contributed by atoms with Crippen molar-refractivity contribution in [1.82, 2.24) is 29.2 Å². The van der Waals surface area contributed by atoms with Gasteiger partial charge < -0.3 is 10.6 Å². The normalized spacial score (nSPS) is 19.7. The van der Waals surface area contributed by atoms with E-state index in [-0.39, 0.29) is 23.5 Å². The Hall–Kier alpha value is -2.89. The van der Waals surface area contributed by atoms with Crippen LogP contribution in [0.1, 0.15) is 31.4 Å². The van der Waals surface area contributed by atoms with E-state index < -0.39 is 11.9 Å². The molecule has 8 nitrogen and oxygen atoms in total. The van der Waals surface area contributed by atoms with Crippen LogP contribution in [-0.2, 0) is 6.18 Å². The van der Waals surface area contributed by atoms with Gasteiger partial charge in [-0.3, -0.25) is 4.40 Å². The van der Waals surface area contributed by atoms with Crippen molar-refractivity contribution in [2.24, 2.45) is 0 Å². The molecule has 0 spiro atoms. The Balaban J connectivity index is 1.37. The van der Waals surface area contributed by atoms with E-state index in [9.17, 15) is 13.2 Å². The van der Waals surface area contributed by atoms with Crippen molar-refractivity contribution in [3.63, 3.8) is 0 Å². The van der Waals surface area contributed by atoms with Gasteiger partial charge in [-0.05, 0) is 53.7 Å². The van der Waals surface area contributed by atoms with E-state index in [1.54, 1.807) is 0 Å². The number of pyridine rings is 1. The van der Waals surface area contributed by atoms with Crippen LogP contribution in [0.5, 0.6) is 0 Å². The fourth-order valence-corrected chi connectivity index (χ4v) is 4.34. The molecule has 162 valence electrons. The maximum absolute atomic E-state index is 13.3. The van der Waals surface area contributed by atoms with Gasteiger partial charge in [0, 0.05) is 30.4 Å². The number of fused-ring (bicyclic) bond motifs is 2. The van der Waals surface area contributed by atoms with Gasteiger partial charge in [-0.25, -0.2) is 4.98 Å². The molecular formula is C19H18BrF3N8. The summed E-state index contributed by atoms with van der Waals surface area (Å²) in [6, 6.07) is 8.23. The number of nitrogens with one attached hydrogen (secondary N) is 2. The third-order valence-electron chi connectivity index (χ3n) is 5.36. The number of hydrogen-bond acceptors (Lipinski definition) is 6. The Morgan fingerprint density at radius 3 is 2.65 bits per heavy atom. The third kappa shape index (κ3) is 4.03. The number of alkyl halides is 3. The lowest BCUT2D eigenvalue weighted by Gasteiger charge is -2.31. The minimum atomic E-state index is -4.54. The van der Waals surface area contributed by atoms with E-state index in [4.69, 9.17) is 0 Å². The minimum Gasteiger partial charge on any atom is -0.367 e. The van der Waals surface area contributed by atoms with Crippen LogP contribution < -0.4 is 10.6 Å². The van der Waals surface area contributed by atoms with Crippen LogP contribution in [0.3, 0.4) is 0 Å². The molecule has 4 aromatic heterocycles. The van der Waals surface area contributed by atoms with Gasteiger partial charge >= 0.3 is 6.18 Å². The summed E-state index contributed by atoms with van der Waals surface area (Å²) in [7, 11) is 0. The molecule has 1 fully saturated rings. The van der Waals surface area contributed by atoms with Gasteiger partial charge in [0.05, 0.1) is 0 Å². The van der Waals surface area contributed by atoms with Crippen LogP contribution >= 0.6 is 15.9 Å². The van der Waals surface area contributed by atoms with Crippen LogP contribution in [0.2, 0.25) is 0 Å². The zero-order chi connectivity index (χ0) is 21.6. The predicted octanol–water partition coefficient (Wildman–Crippen LogP) is 4.39. The fourth-order valence-electron chi connectivity index (χ4n) is 3.98. The van der Waals surface area contributed by atoms with Crippen molar-refractivity contribution >= 4 is 39.0 Å². The molecular weight excluding hydrogens is 477 g/mol. The van der Waals surface area contributed by atoms with Crippen molar-refractivity contribution in [1.29, 1.82) is 0 Å². The lowest BCUT2D eigenvalue weighted by molar-refractivity contribution is -0.141. The van der Waals surface area contributed by atoms with E-state index in [1.165, 1.54) is 10.6 Å². The van der Waals surface area contributed by atoms with Crippen molar-refractivity contribution < 1.29 is 13.2 Å². The van der Waals surface area contributed by atoms with E-state index >= 15 is 0 Å². The third-order valence-corrected chi connectivity index (χ3v) is 5.75. The van der Waals surface area contributed by atoms with Crippen LogP contribution in [0, 0.1) is 0 Å². The first kappa shape index (κ1) is 20.0. The molecule has 0 unspecified atom stereocenters. The molecule has 31 heavy (non-hydrogen) atoms. The van der Waals surface area contributed by atoms with E-state index in [0.717, 1.165) is 37.4 Å². The highest BCUT2D eigenvalue weighted by Gasteiger charge is 2.34. The molecule has 0 saturated heterocycles. The summed E-state index contributed by atoms with van der Waals surface area (Å²) >= 11 is 3.22. The van der Waals surface area contributed by atoms with E-state index in [1.807, 2.05) is 28.8 Å². The summed E-state index contributed by atoms with van der Waals surface area (Å²) in [5, 5.41) is 19.3. The van der Waals surface area contributed by atoms with Gasteiger partial charge in [0.15, 0.2) is 17.0 Å². The zero-order valence-corrected chi connectivity index (χ0v) is 17.7. The number of hydrogen-bond donors (Lipinski definition) is 2. The monoisotopic (exact) mass is 494 g/mol. The van der Waals surface area contributed by atoms with Gasteiger partial charge in [0.25, 0.3) is 0 Å². The SMILES string of the molecule is FC(F)(F)c1cc(N[C@H]2CCC[C@@H](Nc3nnc4ccccn34)C2)n2nc(Br)cc2n1. The molecule has 2 atom stereocenters. The highest BCUT2D eigenvalue weighted by atomic mass is 79.9. The largest absolute Gasteiger partial charge is 0.433 e. The van der Waals surface area contributed by atoms with E-state index in [2.05, 4.69) is 46.8 Å². The Morgan fingerprint density at radius 1 is 1.03 bits per heavy atom. The molecule has 0 radical (unpaired) electrons. The molecule has 0 bridgehead atoms. The first-order valence-corrected chi connectivity index (χ1v) is 10.6. The molecule has 4 aromatic rings. The van der Waals surface area contributed by atoms with Crippen molar-refractivity contribution in [2.45, 2.75) is 43.9 Å². The minimum absolute atomic E-state index is 0.0277. The summed E-state index contributed by atoms with van der Waals surface area (Å²) < 4.78 is 43.7. The summed E-state index contributed by atoms with van der Waals surface area (Å²) in [5.41, 5.74) is -0.0708. The van der Waals surface area contributed by atoms with Crippen molar-refractivity contribution in [3.05, 3.63) is 46.8 Å². The summed E-state index contributed by atoms with van der Waals surface area (Å²) in [5.74, 6) is 0.921. The highest BCUT2D eigenvalue weighted by Crippen LogP contribution is 2.32. The van der Waals surface area contributed by atoms with Gasteiger partial charge in [-0.1, -0.05) is 6.07 Å². The Morgan fingerprint density at radius 2 is 1.84 bits per heavy atom. The van der Waals surface area contributed by atoms with Crippen LogP contribution in [0.25, 0.3) is 11.3 Å². The maximum atomic E-state index is 13.3. The highest BCUT2D eigenvalue weighted by molar-refractivity contribution is 9.10. The number of halogens is 4. The summed E-state index contributed by atoms with van der Waals surface area (Å²) in [6.07, 6.45) is 0.766. The summed E-state index contributed by atoms with van der Waals surface area (Å²) in [6.45, 7) is 0. The smallest absolute Gasteiger partial charge is 0.367 e. The molecule has 12 heteroatoms. The Kier molecular flexibility index (Phi) is 4.95. The first-order chi connectivity index (χ1) is 14.9. The van der Waals surface area contributed by atoms with Crippen LogP contribution in [0.15, 0.2) is 41.1 Å². The topological polar surface area (TPSA) is 84.4 Å². The van der Waals surface area contributed by atoms with Gasteiger partial charge in [-0.15, -0.1) is 10.2 Å². The molecule has 1 aliphatic carbocycles. The van der Waals surface area contributed by atoms with Crippen molar-refractivity contribution in [3.8, 4) is 0 Å². The molecule has 0 aliphatic heterocycles. The number of rotatable bonds is 4. The zero-order valence-electron chi connectivity index (χ0n) is 16.1. The maximum Gasteiger partial charge on any atom is 0.433 e. The second-order valence-corrected chi connectivity index (χ2v) is 8.38. The lowest BCUT2D eigenvalue weighted by Crippen LogP contribution is -2.35. The quantitative estimate of drug-likeness (QED) is 0.437. The average molecular weight is 495 g/mol. The molecule has 0 aromatic carbocycles. The van der Waals surface area contributed by atoms with Crippen LogP contribution in [-0.4, -0.2) is 41.3 Å². The Bertz CT molecular complexity index is 1230. The van der Waals surface area contributed by atoms with E-state index in [0.29, 0.717) is 10.6 Å². The molecule has 1 saturated carbocycles. The number of nitrogens with zero attached hydrogens (tertiary/aromatic N) is 6. The standard InChI is InChI=1S/C19H18BrF3N8/c20-14-10-17-26-13(19(21,22)23)9-16(31(17)29-14)24-11-4-3-5-12(8-11)25-18-28-27-15-6-1-2-7-30(15)18/h1-2,6-7,9-12,24H,3-5,8H2,(H,25,28)/t11-,12+/m0/s1. The van der Waals surface area contributed by atoms with Crippen LogP contribution in [0.4, 0.5) is 24.9 Å². The second-order valence-electron chi connectivity index (χ2n) is 7.56.